The van der Waals surface area contributed by atoms with E-state index in [1.165, 1.54) is 46.9 Å². The molecule has 2 amide bonds. The molecule has 0 saturated heterocycles. The van der Waals surface area contributed by atoms with E-state index in [0.29, 0.717) is 11.3 Å². The lowest BCUT2D eigenvalue weighted by Gasteiger charge is -2.44. The minimum atomic E-state index is -4.96. The number of thiophene rings is 1. The largest absolute Gasteiger partial charge is 0.497 e. The topological polar surface area (TPSA) is 58.6 Å². The first-order valence-electron chi connectivity index (χ1n) is 9.79. The fourth-order valence-corrected chi connectivity index (χ4v) is 4.64. The predicted molar refractivity (Wildman–Crippen MR) is 120 cm³/mol. The van der Waals surface area contributed by atoms with Crippen LogP contribution in [0, 0.1) is 0 Å². The van der Waals surface area contributed by atoms with E-state index in [4.69, 9.17) is 16.3 Å². The lowest BCUT2D eigenvalue weighted by Crippen LogP contribution is -2.63. The third-order valence-electron chi connectivity index (χ3n) is 5.53. The summed E-state index contributed by atoms with van der Waals surface area (Å²) in [7, 11) is 1.52. The van der Waals surface area contributed by atoms with Crippen LogP contribution in [0.3, 0.4) is 0 Å². The van der Waals surface area contributed by atoms with Gasteiger partial charge >= 0.3 is 12.2 Å². The van der Waals surface area contributed by atoms with Crippen LogP contribution in [0.2, 0.25) is 5.02 Å². The average Bonchev–Trinajstić information content (AvgIpc) is 3.31. The number of hydrogen-bond acceptors (Lipinski definition) is 4. The van der Waals surface area contributed by atoms with Gasteiger partial charge in [0.05, 0.1) is 19.3 Å². The number of nitrogens with one attached hydrogen (secondary N) is 1. The molecular formula is C23H18ClF3N2O3S. The van der Waals surface area contributed by atoms with Crippen LogP contribution in [0.15, 0.2) is 59.3 Å². The first-order valence-corrected chi connectivity index (χ1v) is 11.1. The number of benzene rings is 2. The van der Waals surface area contributed by atoms with Crippen molar-refractivity contribution in [3.63, 3.8) is 0 Å². The number of ether oxygens (including phenoxy) is 1. The van der Waals surface area contributed by atoms with Crippen LogP contribution in [0.5, 0.6) is 5.75 Å². The van der Waals surface area contributed by atoms with Crippen molar-refractivity contribution < 1.29 is 27.5 Å². The van der Waals surface area contributed by atoms with Crippen molar-refractivity contribution in [2.75, 3.05) is 12.0 Å². The monoisotopic (exact) mass is 494 g/mol. The van der Waals surface area contributed by atoms with Gasteiger partial charge in [-0.1, -0.05) is 23.7 Å². The van der Waals surface area contributed by atoms with Crippen LogP contribution in [0.25, 0.3) is 0 Å². The SMILES string of the molecule is COc1ccc(CN2C(=O)NC(CC(=O)c3ccsc3)(C(F)(F)F)c3cc(Cl)ccc32)cc1. The zero-order chi connectivity index (χ0) is 23.8. The van der Waals surface area contributed by atoms with Gasteiger partial charge in [0.25, 0.3) is 0 Å². The second kappa shape index (κ2) is 8.72. The minimum absolute atomic E-state index is 0.0108. The summed E-state index contributed by atoms with van der Waals surface area (Å²) in [6.45, 7) is 0.0108. The van der Waals surface area contributed by atoms with Crippen LogP contribution < -0.4 is 15.0 Å². The van der Waals surface area contributed by atoms with Gasteiger partial charge in [0.15, 0.2) is 11.3 Å². The van der Waals surface area contributed by atoms with E-state index in [1.54, 1.807) is 29.6 Å². The van der Waals surface area contributed by atoms with E-state index in [2.05, 4.69) is 5.32 Å². The molecule has 2 heterocycles. The van der Waals surface area contributed by atoms with Crippen LogP contribution in [0.4, 0.5) is 23.7 Å². The Kier molecular flexibility index (Phi) is 6.11. The molecule has 1 aromatic heterocycles. The third kappa shape index (κ3) is 4.30. The number of alkyl halides is 3. The van der Waals surface area contributed by atoms with Crippen LogP contribution >= 0.6 is 22.9 Å². The Balaban J connectivity index is 1.79. The Morgan fingerprint density at radius 1 is 1.18 bits per heavy atom. The van der Waals surface area contributed by atoms with Gasteiger partial charge in [-0.05, 0) is 47.3 Å². The molecule has 10 heteroatoms. The highest BCUT2D eigenvalue weighted by molar-refractivity contribution is 7.08. The van der Waals surface area contributed by atoms with Crippen molar-refractivity contribution in [2.24, 2.45) is 0 Å². The van der Waals surface area contributed by atoms with E-state index in [9.17, 15) is 22.8 Å². The van der Waals surface area contributed by atoms with Crippen LogP contribution in [-0.2, 0) is 12.1 Å². The summed E-state index contributed by atoms with van der Waals surface area (Å²) in [5, 5.41) is 5.24. The molecule has 1 aliphatic heterocycles. The Hall–Kier alpha value is -3.04. The van der Waals surface area contributed by atoms with Crippen molar-refractivity contribution in [1.29, 1.82) is 0 Å². The standard InChI is InChI=1S/C23H18ClF3N2O3S/c1-32-17-5-2-14(3-6-17)12-29-19-7-4-16(24)10-18(19)22(23(25,26)27,28-21(29)31)11-20(30)15-8-9-33-13-15/h2-10,13H,11-12H2,1H3,(H,28,31). The summed E-state index contributed by atoms with van der Waals surface area (Å²) >= 11 is 7.27. The zero-order valence-corrected chi connectivity index (χ0v) is 18.9. The minimum Gasteiger partial charge on any atom is -0.497 e. The van der Waals surface area contributed by atoms with Crippen molar-refractivity contribution in [3.8, 4) is 5.75 Å². The van der Waals surface area contributed by atoms with Gasteiger partial charge in [-0.2, -0.15) is 24.5 Å². The lowest BCUT2D eigenvalue weighted by molar-refractivity contribution is -0.196. The van der Waals surface area contributed by atoms with Crippen molar-refractivity contribution in [2.45, 2.75) is 24.7 Å². The summed E-state index contributed by atoms with van der Waals surface area (Å²) in [6, 6.07) is 11.3. The van der Waals surface area contributed by atoms with Gasteiger partial charge in [-0.25, -0.2) is 4.79 Å². The first-order chi connectivity index (χ1) is 15.6. The molecule has 2 aromatic carbocycles. The van der Waals surface area contributed by atoms with Gasteiger partial charge in [0, 0.05) is 28.0 Å². The van der Waals surface area contributed by atoms with E-state index in [0.717, 1.165) is 6.07 Å². The van der Waals surface area contributed by atoms with Gasteiger partial charge in [-0.15, -0.1) is 0 Å². The number of nitrogens with zero attached hydrogens (tertiary/aromatic N) is 1. The first kappa shape index (κ1) is 23.1. The number of fused-ring (bicyclic) bond motifs is 1. The zero-order valence-electron chi connectivity index (χ0n) is 17.3. The molecule has 5 nitrogen and oxygen atoms in total. The third-order valence-corrected chi connectivity index (χ3v) is 6.45. The molecule has 0 spiro atoms. The maximum atomic E-state index is 14.6. The number of Topliss-reactive ketones (excluding diaryl/α,β-unsaturated/α-hetero) is 1. The molecule has 0 fully saturated rings. The number of urea groups is 1. The molecule has 1 unspecified atom stereocenters. The van der Waals surface area contributed by atoms with Gasteiger partial charge < -0.3 is 10.1 Å². The summed E-state index contributed by atoms with van der Waals surface area (Å²) in [6.07, 6.45) is -5.94. The molecule has 172 valence electrons. The molecule has 0 bridgehead atoms. The normalized spacial score (nSPS) is 18.0. The Morgan fingerprint density at radius 2 is 1.91 bits per heavy atom. The predicted octanol–water partition coefficient (Wildman–Crippen LogP) is 6.17. The number of ketones is 1. The molecule has 0 aliphatic carbocycles. The smallest absolute Gasteiger partial charge is 0.416 e. The highest BCUT2D eigenvalue weighted by atomic mass is 35.5. The molecule has 4 rings (SSSR count). The molecule has 1 aliphatic rings. The molecule has 33 heavy (non-hydrogen) atoms. The fraction of sp³-hybridized carbons (Fsp3) is 0.217. The molecule has 1 N–H and O–H groups in total. The van der Waals surface area contributed by atoms with E-state index in [1.807, 2.05) is 0 Å². The summed E-state index contributed by atoms with van der Waals surface area (Å²) in [5.41, 5.74) is -2.32. The number of halogens is 4. The number of carbonyl (C=O) groups excluding carboxylic acids is 2. The van der Waals surface area contributed by atoms with Crippen molar-refractivity contribution >= 4 is 40.4 Å². The highest BCUT2D eigenvalue weighted by Crippen LogP contribution is 2.49. The molecular weight excluding hydrogens is 477 g/mol. The van der Waals surface area contributed by atoms with E-state index < -0.39 is 30.0 Å². The van der Waals surface area contributed by atoms with Crippen LogP contribution in [0.1, 0.15) is 27.9 Å². The second-order valence-electron chi connectivity index (χ2n) is 7.54. The molecule has 3 aromatic rings. The van der Waals surface area contributed by atoms with Gasteiger partial charge in [0.2, 0.25) is 0 Å². The van der Waals surface area contributed by atoms with Crippen LogP contribution in [-0.4, -0.2) is 25.1 Å². The van der Waals surface area contributed by atoms with Crippen molar-refractivity contribution in [3.05, 3.63) is 81.0 Å². The summed E-state index contributed by atoms with van der Waals surface area (Å²) in [4.78, 5) is 27.0. The summed E-state index contributed by atoms with van der Waals surface area (Å²) in [5.74, 6) is -0.125. The maximum absolute atomic E-state index is 14.6. The van der Waals surface area contributed by atoms with E-state index in [-0.39, 0.29) is 28.4 Å². The maximum Gasteiger partial charge on any atom is 0.416 e. The number of anilines is 1. The Bertz CT molecular complexity index is 1180. The highest BCUT2D eigenvalue weighted by Gasteiger charge is 2.61. The van der Waals surface area contributed by atoms with Gasteiger partial charge in [-0.3, -0.25) is 9.69 Å². The number of methoxy groups -OCH3 is 1. The van der Waals surface area contributed by atoms with Crippen molar-refractivity contribution in [1.82, 2.24) is 5.32 Å². The number of amides is 2. The van der Waals surface area contributed by atoms with E-state index >= 15 is 0 Å². The molecule has 1 atom stereocenters. The summed E-state index contributed by atoms with van der Waals surface area (Å²) < 4.78 is 48.9. The molecule has 0 saturated carbocycles. The number of rotatable bonds is 6. The lowest BCUT2D eigenvalue weighted by atomic mass is 9.80. The fourth-order valence-electron chi connectivity index (χ4n) is 3.81. The average molecular weight is 495 g/mol. The number of hydrogen-bond donors (Lipinski definition) is 1. The quantitative estimate of drug-likeness (QED) is 0.417. The van der Waals surface area contributed by atoms with Gasteiger partial charge in [0.1, 0.15) is 5.75 Å². The Morgan fingerprint density at radius 3 is 2.52 bits per heavy atom. The second-order valence-corrected chi connectivity index (χ2v) is 8.76. The number of carbonyl (C=O) groups is 2. The Labute approximate surface area is 196 Å². The molecule has 0 radical (unpaired) electrons.